The Balaban J connectivity index is 1.54. The van der Waals surface area contributed by atoms with Crippen LogP contribution in [0.15, 0.2) is 48.8 Å². The molecule has 9 heteroatoms. The van der Waals surface area contributed by atoms with Crippen molar-refractivity contribution >= 4 is 28.8 Å². The number of benzene rings is 1. The van der Waals surface area contributed by atoms with Crippen molar-refractivity contribution in [2.75, 3.05) is 31.6 Å². The third-order valence-electron chi connectivity index (χ3n) is 4.35. The van der Waals surface area contributed by atoms with Crippen molar-refractivity contribution < 1.29 is 24.2 Å². The molecule has 28 heavy (non-hydrogen) atoms. The standard InChI is InChI=1S/C19H18N4O5/c24-18(25)21-17-12-15(3-5-20-17)28-14-1-2-16-13(11-14)4-6-23(16)19(26)22-7-9-27-10-8-22/h1-6,11-12H,7-10H2,(H,20,21)(H,24,25)/p-1. The Bertz CT molecular complexity index is 1030. The van der Waals surface area contributed by atoms with E-state index in [9.17, 15) is 14.7 Å². The van der Waals surface area contributed by atoms with Gasteiger partial charge in [-0.25, -0.2) is 9.78 Å². The van der Waals surface area contributed by atoms with E-state index in [1.807, 2.05) is 18.2 Å². The normalized spacial score (nSPS) is 14.1. The van der Waals surface area contributed by atoms with Crippen LogP contribution in [0.3, 0.4) is 0 Å². The van der Waals surface area contributed by atoms with Crippen LogP contribution in [-0.4, -0.2) is 52.9 Å². The summed E-state index contributed by atoms with van der Waals surface area (Å²) in [6.07, 6.45) is 1.72. The predicted molar refractivity (Wildman–Crippen MR) is 98.5 cm³/mol. The van der Waals surface area contributed by atoms with Gasteiger partial charge in [-0.2, -0.15) is 0 Å². The highest BCUT2D eigenvalue weighted by atomic mass is 16.5. The molecule has 1 N–H and O–H groups in total. The van der Waals surface area contributed by atoms with Gasteiger partial charge in [-0.3, -0.25) is 4.57 Å². The van der Waals surface area contributed by atoms with Gasteiger partial charge in [-0.05, 0) is 30.3 Å². The van der Waals surface area contributed by atoms with E-state index in [1.165, 1.54) is 12.3 Å². The Kier molecular flexibility index (Phi) is 4.81. The molecule has 1 fully saturated rings. The fourth-order valence-corrected chi connectivity index (χ4v) is 3.04. The number of anilines is 1. The molecule has 1 aromatic carbocycles. The van der Waals surface area contributed by atoms with Crippen molar-refractivity contribution in [1.82, 2.24) is 14.5 Å². The number of amides is 2. The molecule has 2 amide bonds. The number of nitrogens with zero attached hydrogens (tertiary/aromatic N) is 3. The van der Waals surface area contributed by atoms with Gasteiger partial charge >= 0.3 is 6.03 Å². The lowest BCUT2D eigenvalue weighted by Gasteiger charge is -2.27. The van der Waals surface area contributed by atoms with E-state index in [-0.39, 0.29) is 11.8 Å². The number of hydrogen-bond acceptors (Lipinski definition) is 6. The summed E-state index contributed by atoms with van der Waals surface area (Å²) in [5.74, 6) is 1.08. The van der Waals surface area contributed by atoms with E-state index in [0.29, 0.717) is 37.8 Å². The van der Waals surface area contributed by atoms with Gasteiger partial charge in [0.2, 0.25) is 0 Å². The first-order valence-electron chi connectivity index (χ1n) is 8.70. The quantitative estimate of drug-likeness (QED) is 0.742. The number of carboxylic acid groups (broad SMARTS) is 1. The Morgan fingerprint density at radius 2 is 1.89 bits per heavy atom. The number of rotatable bonds is 3. The molecule has 0 aliphatic carbocycles. The van der Waals surface area contributed by atoms with E-state index in [4.69, 9.17) is 9.47 Å². The minimum Gasteiger partial charge on any atom is -0.530 e. The highest BCUT2D eigenvalue weighted by molar-refractivity contribution is 5.92. The number of pyridine rings is 1. The summed E-state index contributed by atoms with van der Waals surface area (Å²) in [4.78, 5) is 29.0. The molecule has 0 saturated carbocycles. The molecular weight excluding hydrogens is 364 g/mol. The van der Waals surface area contributed by atoms with Crippen LogP contribution in [0.1, 0.15) is 0 Å². The Labute approximate surface area is 160 Å². The lowest BCUT2D eigenvalue weighted by molar-refractivity contribution is -0.242. The maximum atomic E-state index is 12.7. The number of ether oxygens (including phenoxy) is 2. The van der Waals surface area contributed by atoms with E-state index < -0.39 is 6.09 Å². The summed E-state index contributed by atoms with van der Waals surface area (Å²) >= 11 is 0. The SMILES string of the molecule is O=C([O-])Nc1cc(Oc2ccc3c(ccn3C(=O)N3CCOCC3)c2)ccn1. The van der Waals surface area contributed by atoms with E-state index in [2.05, 4.69) is 10.3 Å². The van der Waals surface area contributed by atoms with Crippen molar-refractivity contribution in [2.45, 2.75) is 0 Å². The molecule has 1 aliphatic rings. The fourth-order valence-electron chi connectivity index (χ4n) is 3.04. The first-order valence-corrected chi connectivity index (χ1v) is 8.70. The molecular formula is C19H17N4O5-. The highest BCUT2D eigenvalue weighted by Crippen LogP contribution is 2.27. The Morgan fingerprint density at radius 1 is 1.11 bits per heavy atom. The number of carbonyl (C=O) groups excluding carboxylic acids is 2. The lowest BCUT2D eigenvalue weighted by Crippen LogP contribution is -2.42. The second kappa shape index (κ2) is 7.57. The Morgan fingerprint density at radius 3 is 2.68 bits per heavy atom. The van der Waals surface area contributed by atoms with Crippen molar-refractivity contribution in [3.05, 3.63) is 48.8 Å². The molecule has 4 rings (SSSR count). The zero-order valence-electron chi connectivity index (χ0n) is 14.8. The monoisotopic (exact) mass is 381 g/mol. The van der Waals surface area contributed by atoms with Crippen molar-refractivity contribution in [3.8, 4) is 11.5 Å². The van der Waals surface area contributed by atoms with Gasteiger partial charge in [0.1, 0.15) is 23.4 Å². The largest absolute Gasteiger partial charge is 0.530 e. The topological polar surface area (TPSA) is 109 Å². The van der Waals surface area contributed by atoms with Gasteiger partial charge in [0.25, 0.3) is 0 Å². The zero-order valence-corrected chi connectivity index (χ0v) is 14.8. The summed E-state index contributed by atoms with van der Waals surface area (Å²) in [6, 6.07) is 10.2. The second-order valence-corrected chi connectivity index (χ2v) is 6.18. The first kappa shape index (κ1) is 17.8. The molecule has 1 saturated heterocycles. The molecule has 144 valence electrons. The minimum atomic E-state index is -1.45. The average Bonchev–Trinajstić information content (AvgIpc) is 3.11. The first-order chi connectivity index (χ1) is 13.6. The smallest absolute Gasteiger partial charge is 0.328 e. The molecule has 3 aromatic rings. The lowest BCUT2D eigenvalue weighted by atomic mass is 10.2. The molecule has 9 nitrogen and oxygen atoms in total. The van der Waals surface area contributed by atoms with Crippen molar-refractivity contribution in [3.63, 3.8) is 0 Å². The van der Waals surface area contributed by atoms with Crippen LogP contribution >= 0.6 is 0 Å². The van der Waals surface area contributed by atoms with E-state index >= 15 is 0 Å². The molecule has 0 atom stereocenters. The number of carbonyl (C=O) groups is 2. The van der Waals surface area contributed by atoms with Crippen LogP contribution in [0, 0.1) is 0 Å². The van der Waals surface area contributed by atoms with Crippen LogP contribution in [0.2, 0.25) is 0 Å². The Hall–Kier alpha value is -3.59. The molecule has 3 heterocycles. The van der Waals surface area contributed by atoms with E-state index in [1.54, 1.807) is 27.8 Å². The van der Waals surface area contributed by atoms with Crippen LogP contribution < -0.4 is 15.2 Å². The van der Waals surface area contributed by atoms with Gasteiger partial charge in [-0.15, -0.1) is 0 Å². The molecule has 2 aromatic heterocycles. The molecule has 1 aliphatic heterocycles. The molecule has 0 unspecified atom stereocenters. The molecule has 0 bridgehead atoms. The fraction of sp³-hybridized carbons (Fsp3) is 0.211. The summed E-state index contributed by atoms with van der Waals surface area (Å²) < 4.78 is 12.7. The summed E-state index contributed by atoms with van der Waals surface area (Å²) in [6.45, 7) is 2.24. The van der Waals surface area contributed by atoms with Gasteiger partial charge in [0, 0.05) is 36.9 Å². The van der Waals surface area contributed by atoms with Crippen LogP contribution in [0.25, 0.3) is 10.9 Å². The number of hydrogen-bond donors (Lipinski definition) is 1. The maximum absolute atomic E-state index is 12.7. The van der Waals surface area contributed by atoms with E-state index in [0.717, 1.165) is 10.9 Å². The van der Waals surface area contributed by atoms with Crippen molar-refractivity contribution in [1.29, 1.82) is 0 Å². The summed E-state index contributed by atoms with van der Waals surface area (Å²) in [7, 11) is 0. The molecule has 0 spiro atoms. The van der Waals surface area contributed by atoms with Gasteiger partial charge in [0.15, 0.2) is 0 Å². The van der Waals surface area contributed by atoms with Crippen LogP contribution in [0.4, 0.5) is 15.4 Å². The molecule has 0 radical (unpaired) electrons. The number of fused-ring (bicyclic) bond motifs is 1. The van der Waals surface area contributed by atoms with Crippen LogP contribution in [-0.2, 0) is 4.74 Å². The number of nitrogens with one attached hydrogen (secondary N) is 1. The van der Waals surface area contributed by atoms with Crippen LogP contribution in [0.5, 0.6) is 11.5 Å². The third-order valence-corrected chi connectivity index (χ3v) is 4.35. The number of morpholine rings is 1. The number of aromatic nitrogens is 2. The third kappa shape index (κ3) is 3.74. The van der Waals surface area contributed by atoms with Gasteiger partial charge < -0.3 is 29.6 Å². The highest BCUT2D eigenvalue weighted by Gasteiger charge is 2.19. The summed E-state index contributed by atoms with van der Waals surface area (Å²) in [5.41, 5.74) is 0.776. The second-order valence-electron chi connectivity index (χ2n) is 6.18. The summed E-state index contributed by atoms with van der Waals surface area (Å²) in [5, 5.41) is 13.5. The van der Waals surface area contributed by atoms with Gasteiger partial charge in [-0.1, -0.05) is 0 Å². The zero-order chi connectivity index (χ0) is 19.5. The minimum absolute atomic E-state index is 0.0842. The maximum Gasteiger partial charge on any atom is 0.328 e. The average molecular weight is 381 g/mol. The van der Waals surface area contributed by atoms with Crippen molar-refractivity contribution in [2.24, 2.45) is 0 Å². The predicted octanol–water partition coefficient (Wildman–Crippen LogP) is 1.88. The van der Waals surface area contributed by atoms with Gasteiger partial charge in [0.05, 0.1) is 18.7 Å².